The highest BCUT2D eigenvalue weighted by Crippen LogP contribution is 2.08. The molecule has 2 N–H and O–H groups in total. The van der Waals surface area contributed by atoms with Gasteiger partial charge in [-0.2, -0.15) is 0 Å². The summed E-state index contributed by atoms with van der Waals surface area (Å²) in [6.45, 7) is 9.65. The van der Waals surface area contributed by atoms with E-state index in [0.29, 0.717) is 6.04 Å². The summed E-state index contributed by atoms with van der Waals surface area (Å²) in [7, 11) is 2.10. The normalized spacial score (nSPS) is 16.6. The third-order valence-electron chi connectivity index (χ3n) is 3.64. The Morgan fingerprint density at radius 3 is 2.65 bits per heavy atom. The molecular formula is C13H25N3O. The summed E-state index contributed by atoms with van der Waals surface area (Å²) in [5, 5.41) is 6.12. The van der Waals surface area contributed by atoms with Crippen LogP contribution in [0, 0.1) is 0 Å². The second-order valence-electron chi connectivity index (χ2n) is 4.83. The summed E-state index contributed by atoms with van der Waals surface area (Å²) in [6, 6.07) is 0.571. The number of rotatable bonds is 6. The number of nitrogens with zero attached hydrogens (tertiary/aromatic N) is 1. The Morgan fingerprint density at radius 2 is 2.18 bits per heavy atom. The van der Waals surface area contributed by atoms with Gasteiger partial charge in [-0.25, -0.2) is 0 Å². The molecule has 17 heavy (non-hydrogen) atoms. The lowest BCUT2D eigenvalue weighted by atomic mass is 10.0. The van der Waals surface area contributed by atoms with Crippen molar-refractivity contribution >= 4 is 5.91 Å². The van der Waals surface area contributed by atoms with E-state index in [2.05, 4.69) is 36.4 Å². The van der Waals surface area contributed by atoms with Crippen LogP contribution in [0.15, 0.2) is 11.1 Å². The summed E-state index contributed by atoms with van der Waals surface area (Å²) >= 11 is 0. The number of amides is 1. The zero-order valence-corrected chi connectivity index (χ0v) is 11.5. The molecule has 1 aliphatic heterocycles. The van der Waals surface area contributed by atoms with Crippen molar-refractivity contribution in [3.8, 4) is 0 Å². The Kier molecular flexibility index (Phi) is 5.65. The number of nitrogens with one attached hydrogen (secondary N) is 2. The van der Waals surface area contributed by atoms with Gasteiger partial charge in [0.05, 0.1) is 0 Å². The summed E-state index contributed by atoms with van der Waals surface area (Å²) in [4.78, 5) is 14.1. The van der Waals surface area contributed by atoms with E-state index in [0.717, 1.165) is 38.2 Å². The molecule has 98 valence electrons. The fraction of sp³-hybridized carbons (Fsp3) is 0.769. The molecule has 1 saturated heterocycles. The molecule has 0 bridgehead atoms. The van der Waals surface area contributed by atoms with E-state index in [4.69, 9.17) is 0 Å². The van der Waals surface area contributed by atoms with Gasteiger partial charge in [-0.1, -0.05) is 6.92 Å². The minimum atomic E-state index is 0.0825. The monoisotopic (exact) mass is 239 g/mol. The molecule has 1 atom stereocenters. The standard InChI is InChI=1S/C13H25N3O/c1-5-10(2)16(4)7-6-15-13(17)11(3)12-8-14-9-12/h10,14H,5-9H2,1-4H3,(H,15,17). The predicted octanol–water partition coefficient (Wildman–Crippen LogP) is 0.753. The van der Waals surface area contributed by atoms with Crippen LogP contribution in [-0.2, 0) is 4.79 Å². The first-order chi connectivity index (χ1) is 8.06. The first-order valence-electron chi connectivity index (χ1n) is 6.44. The Labute approximate surface area is 104 Å². The quantitative estimate of drug-likeness (QED) is 0.672. The molecule has 0 aliphatic carbocycles. The largest absolute Gasteiger partial charge is 0.351 e. The fourth-order valence-corrected chi connectivity index (χ4v) is 1.69. The van der Waals surface area contributed by atoms with Gasteiger partial charge < -0.3 is 15.5 Å². The minimum Gasteiger partial charge on any atom is -0.351 e. The maximum Gasteiger partial charge on any atom is 0.247 e. The second-order valence-corrected chi connectivity index (χ2v) is 4.83. The molecule has 4 nitrogen and oxygen atoms in total. The van der Waals surface area contributed by atoms with Crippen LogP contribution in [0.3, 0.4) is 0 Å². The molecule has 0 radical (unpaired) electrons. The molecule has 0 saturated carbocycles. The van der Waals surface area contributed by atoms with Crippen molar-refractivity contribution in [2.45, 2.75) is 33.2 Å². The van der Waals surface area contributed by atoms with Crippen molar-refractivity contribution in [3.63, 3.8) is 0 Å². The second kappa shape index (κ2) is 6.77. The van der Waals surface area contributed by atoms with Crippen molar-refractivity contribution in [3.05, 3.63) is 11.1 Å². The summed E-state index contributed by atoms with van der Waals surface area (Å²) in [5.74, 6) is 0.0825. The highest BCUT2D eigenvalue weighted by atomic mass is 16.1. The Bertz CT molecular complexity index is 293. The van der Waals surface area contributed by atoms with E-state index in [-0.39, 0.29) is 5.91 Å². The van der Waals surface area contributed by atoms with Gasteiger partial charge in [0, 0.05) is 37.8 Å². The molecule has 1 fully saturated rings. The molecule has 0 aromatic heterocycles. The van der Waals surface area contributed by atoms with Gasteiger partial charge >= 0.3 is 0 Å². The van der Waals surface area contributed by atoms with Gasteiger partial charge in [0.25, 0.3) is 0 Å². The molecule has 1 heterocycles. The predicted molar refractivity (Wildman–Crippen MR) is 71.0 cm³/mol. The van der Waals surface area contributed by atoms with Gasteiger partial charge in [0.15, 0.2) is 0 Å². The Balaban J connectivity index is 2.24. The molecule has 1 aliphatic rings. The van der Waals surface area contributed by atoms with Gasteiger partial charge in [-0.05, 0) is 32.9 Å². The first-order valence-corrected chi connectivity index (χ1v) is 6.44. The molecule has 1 unspecified atom stereocenters. The van der Waals surface area contributed by atoms with Crippen molar-refractivity contribution in [1.82, 2.24) is 15.5 Å². The third kappa shape index (κ3) is 4.13. The smallest absolute Gasteiger partial charge is 0.247 e. The SMILES string of the molecule is CCC(C)N(C)CCNC(=O)C(C)=C1CNC1. The van der Waals surface area contributed by atoms with E-state index >= 15 is 0 Å². The zero-order valence-electron chi connectivity index (χ0n) is 11.5. The lowest BCUT2D eigenvalue weighted by molar-refractivity contribution is -0.117. The average molecular weight is 239 g/mol. The molecule has 0 spiro atoms. The van der Waals surface area contributed by atoms with Gasteiger partial charge in [-0.15, -0.1) is 0 Å². The van der Waals surface area contributed by atoms with E-state index in [1.807, 2.05) is 6.92 Å². The summed E-state index contributed by atoms with van der Waals surface area (Å²) in [5.41, 5.74) is 2.12. The number of hydrogen-bond acceptors (Lipinski definition) is 3. The fourth-order valence-electron chi connectivity index (χ4n) is 1.69. The van der Waals surface area contributed by atoms with Crippen LogP contribution in [0.2, 0.25) is 0 Å². The Hall–Kier alpha value is -0.870. The number of carbonyl (C=O) groups excluding carboxylic acids is 1. The number of carbonyl (C=O) groups is 1. The van der Waals surface area contributed by atoms with Gasteiger partial charge in [0.1, 0.15) is 0 Å². The summed E-state index contributed by atoms with van der Waals surface area (Å²) < 4.78 is 0. The molecule has 4 heteroatoms. The zero-order chi connectivity index (χ0) is 12.8. The molecule has 1 rings (SSSR count). The van der Waals surface area contributed by atoms with E-state index < -0.39 is 0 Å². The van der Waals surface area contributed by atoms with Crippen LogP contribution >= 0.6 is 0 Å². The molecule has 0 aromatic rings. The van der Waals surface area contributed by atoms with E-state index in [1.165, 1.54) is 5.57 Å². The highest BCUT2D eigenvalue weighted by Gasteiger charge is 2.15. The third-order valence-corrected chi connectivity index (χ3v) is 3.64. The van der Waals surface area contributed by atoms with Crippen molar-refractivity contribution in [2.75, 3.05) is 33.2 Å². The topological polar surface area (TPSA) is 44.4 Å². The van der Waals surface area contributed by atoms with Crippen LogP contribution < -0.4 is 10.6 Å². The minimum absolute atomic E-state index is 0.0825. The van der Waals surface area contributed by atoms with Crippen LogP contribution in [0.1, 0.15) is 27.2 Å². The molecule has 0 aromatic carbocycles. The lowest BCUT2D eigenvalue weighted by Crippen LogP contribution is -2.40. The van der Waals surface area contributed by atoms with Crippen molar-refractivity contribution in [1.29, 1.82) is 0 Å². The van der Waals surface area contributed by atoms with Gasteiger partial charge in [-0.3, -0.25) is 4.79 Å². The van der Waals surface area contributed by atoms with Crippen molar-refractivity contribution in [2.24, 2.45) is 0 Å². The number of likely N-dealkylation sites (N-methyl/N-ethyl adjacent to an activating group) is 1. The number of hydrogen-bond donors (Lipinski definition) is 2. The van der Waals surface area contributed by atoms with Crippen LogP contribution in [-0.4, -0.2) is 50.1 Å². The molecule has 1 amide bonds. The highest BCUT2D eigenvalue weighted by molar-refractivity contribution is 5.93. The Morgan fingerprint density at radius 1 is 1.53 bits per heavy atom. The summed E-state index contributed by atoms with van der Waals surface area (Å²) in [6.07, 6.45) is 1.14. The van der Waals surface area contributed by atoms with Crippen LogP contribution in [0.4, 0.5) is 0 Å². The average Bonchev–Trinajstić information content (AvgIpc) is 2.25. The lowest BCUT2D eigenvalue weighted by Gasteiger charge is -2.24. The van der Waals surface area contributed by atoms with E-state index in [9.17, 15) is 4.79 Å². The van der Waals surface area contributed by atoms with Crippen LogP contribution in [0.5, 0.6) is 0 Å². The van der Waals surface area contributed by atoms with Crippen LogP contribution in [0.25, 0.3) is 0 Å². The molecular weight excluding hydrogens is 214 g/mol. The van der Waals surface area contributed by atoms with E-state index in [1.54, 1.807) is 0 Å². The van der Waals surface area contributed by atoms with Crippen molar-refractivity contribution < 1.29 is 4.79 Å². The maximum absolute atomic E-state index is 11.8. The van der Waals surface area contributed by atoms with Gasteiger partial charge in [0.2, 0.25) is 5.91 Å². The maximum atomic E-state index is 11.8. The first kappa shape index (κ1) is 14.2.